The monoisotopic (exact) mass is 611 g/mol. The molecule has 0 bridgehead atoms. The lowest BCUT2D eigenvalue weighted by Crippen LogP contribution is -2.50. The third-order valence-electron chi connectivity index (χ3n) is 7.53. The summed E-state index contributed by atoms with van der Waals surface area (Å²) in [5, 5.41) is 3.93. The Kier molecular flexibility index (Phi) is 8.58. The predicted octanol–water partition coefficient (Wildman–Crippen LogP) is 5.89. The molecule has 1 saturated heterocycles. The van der Waals surface area contributed by atoms with Crippen molar-refractivity contribution in [3.05, 3.63) is 102 Å². The molecule has 0 atom stereocenters. The molecule has 11 heteroatoms. The minimum Gasteiger partial charge on any atom is -0.456 e. The van der Waals surface area contributed by atoms with E-state index in [2.05, 4.69) is 15.3 Å². The fourth-order valence-corrected chi connectivity index (χ4v) is 5.98. The van der Waals surface area contributed by atoms with Gasteiger partial charge in [-0.2, -0.15) is 8.42 Å². The summed E-state index contributed by atoms with van der Waals surface area (Å²) < 4.78 is 35.8. The van der Waals surface area contributed by atoms with Crippen molar-refractivity contribution in [3.63, 3.8) is 0 Å². The Morgan fingerprint density at radius 3 is 2.39 bits per heavy atom. The third-order valence-corrected chi connectivity index (χ3v) is 8.85. The van der Waals surface area contributed by atoms with E-state index in [4.69, 9.17) is 8.60 Å². The average Bonchev–Trinajstić information content (AvgIpc) is 3.48. The van der Waals surface area contributed by atoms with Gasteiger partial charge in [-0.3, -0.25) is 4.18 Å². The molecule has 226 valence electrons. The molecular weight excluding hydrogens is 578 g/mol. The molecule has 0 spiro atoms. The lowest BCUT2D eigenvalue weighted by Gasteiger charge is -2.34. The fraction of sp³-hybridized carbons (Fsp3) is 0.242. The van der Waals surface area contributed by atoms with Crippen LogP contribution in [-0.2, 0) is 20.7 Å². The summed E-state index contributed by atoms with van der Waals surface area (Å²) in [5.74, 6) is 1.39. The minimum atomic E-state index is -3.77. The standard InChI is InChI=1S/C33H33N5O5S/c1-24-9-12-29(13-10-24)44(40,41)42-19-5-6-25-22-34-32(35-23-25)37-15-17-38(18-16-37)33(39)36-28-11-14-30-27(20-28)21-31(43-30)26-7-3-2-4-8-26/h2-4,7-14,20-23H,5-6,15-19H2,1H3,(H,36,39). The topological polar surface area (TPSA) is 118 Å². The Morgan fingerprint density at radius 2 is 1.66 bits per heavy atom. The van der Waals surface area contributed by atoms with Crippen molar-refractivity contribution in [1.82, 2.24) is 14.9 Å². The van der Waals surface area contributed by atoms with Crippen molar-refractivity contribution < 1.29 is 21.8 Å². The largest absolute Gasteiger partial charge is 0.456 e. The van der Waals surface area contributed by atoms with Gasteiger partial charge in [0.25, 0.3) is 10.1 Å². The number of nitrogens with zero attached hydrogens (tertiary/aromatic N) is 4. The number of furan rings is 1. The maximum absolute atomic E-state index is 13.0. The van der Waals surface area contributed by atoms with Gasteiger partial charge in [-0.05, 0) is 61.7 Å². The van der Waals surface area contributed by atoms with Crippen LogP contribution < -0.4 is 10.2 Å². The highest BCUT2D eigenvalue weighted by atomic mass is 32.2. The molecule has 1 fully saturated rings. The summed E-state index contributed by atoms with van der Waals surface area (Å²) in [6, 6.07) is 24.0. The van der Waals surface area contributed by atoms with E-state index in [1.165, 1.54) is 0 Å². The zero-order valence-corrected chi connectivity index (χ0v) is 25.2. The molecule has 1 aliphatic heterocycles. The third kappa shape index (κ3) is 6.90. The van der Waals surface area contributed by atoms with Crippen LogP contribution in [0.5, 0.6) is 0 Å². The van der Waals surface area contributed by atoms with Gasteiger partial charge in [0.05, 0.1) is 11.5 Å². The summed E-state index contributed by atoms with van der Waals surface area (Å²) >= 11 is 0. The molecule has 2 aromatic heterocycles. The van der Waals surface area contributed by atoms with Crippen LogP contribution in [0.3, 0.4) is 0 Å². The van der Waals surface area contributed by atoms with Gasteiger partial charge in [0.15, 0.2) is 0 Å². The molecule has 0 saturated carbocycles. The van der Waals surface area contributed by atoms with Crippen LogP contribution in [0.1, 0.15) is 17.5 Å². The second-order valence-corrected chi connectivity index (χ2v) is 12.3. The molecule has 0 radical (unpaired) electrons. The number of fused-ring (bicyclic) bond motifs is 1. The number of carbonyl (C=O) groups excluding carboxylic acids is 1. The lowest BCUT2D eigenvalue weighted by atomic mass is 10.1. The number of aromatic nitrogens is 2. The molecule has 10 nitrogen and oxygen atoms in total. The minimum absolute atomic E-state index is 0.0760. The van der Waals surface area contributed by atoms with E-state index in [0.717, 1.165) is 33.4 Å². The molecular formula is C33H33N5O5S. The van der Waals surface area contributed by atoms with Crippen LogP contribution in [0.4, 0.5) is 16.4 Å². The Labute approximate surface area is 256 Å². The maximum atomic E-state index is 13.0. The quantitative estimate of drug-likeness (QED) is 0.162. The highest BCUT2D eigenvalue weighted by molar-refractivity contribution is 7.86. The van der Waals surface area contributed by atoms with Gasteiger partial charge in [0.2, 0.25) is 5.95 Å². The molecule has 2 amide bonds. The Morgan fingerprint density at radius 1 is 0.932 bits per heavy atom. The van der Waals surface area contributed by atoms with Crippen LogP contribution in [0.15, 0.2) is 101 Å². The van der Waals surface area contributed by atoms with E-state index in [1.807, 2.05) is 66.4 Å². The molecule has 1 aliphatic rings. The lowest BCUT2D eigenvalue weighted by molar-refractivity contribution is 0.208. The van der Waals surface area contributed by atoms with E-state index < -0.39 is 10.1 Å². The van der Waals surface area contributed by atoms with Gasteiger partial charge in [0.1, 0.15) is 11.3 Å². The first kappa shape index (κ1) is 29.3. The summed E-state index contributed by atoms with van der Waals surface area (Å²) in [5.41, 5.74) is 4.36. The Hall–Kier alpha value is -4.74. The van der Waals surface area contributed by atoms with Gasteiger partial charge in [-0.1, -0.05) is 48.0 Å². The van der Waals surface area contributed by atoms with Crippen molar-refractivity contribution >= 4 is 38.8 Å². The van der Waals surface area contributed by atoms with Crippen LogP contribution in [0.2, 0.25) is 0 Å². The summed E-state index contributed by atoms with van der Waals surface area (Å²) in [4.78, 5) is 26.0. The highest BCUT2D eigenvalue weighted by Crippen LogP contribution is 2.29. The van der Waals surface area contributed by atoms with Gasteiger partial charge >= 0.3 is 6.03 Å². The highest BCUT2D eigenvalue weighted by Gasteiger charge is 2.23. The average molecular weight is 612 g/mol. The number of aryl methyl sites for hydroxylation is 2. The van der Waals surface area contributed by atoms with E-state index in [9.17, 15) is 13.2 Å². The number of nitrogens with one attached hydrogen (secondary N) is 1. The summed E-state index contributed by atoms with van der Waals surface area (Å²) in [6.45, 7) is 4.27. The Balaban J connectivity index is 0.958. The first-order valence-corrected chi connectivity index (χ1v) is 15.9. The predicted molar refractivity (Wildman–Crippen MR) is 169 cm³/mol. The van der Waals surface area contributed by atoms with E-state index >= 15 is 0 Å². The zero-order valence-electron chi connectivity index (χ0n) is 24.3. The molecule has 0 unspecified atom stereocenters. The molecule has 6 rings (SSSR count). The molecule has 3 heterocycles. The molecule has 5 aromatic rings. The zero-order chi connectivity index (χ0) is 30.5. The first-order valence-electron chi connectivity index (χ1n) is 14.5. The molecule has 44 heavy (non-hydrogen) atoms. The van der Waals surface area contributed by atoms with Crippen molar-refractivity contribution in [2.75, 3.05) is 43.0 Å². The normalized spacial score (nSPS) is 13.8. The van der Waals surface area contributed by atoms with E-state index in [-0.39, 0.29) is 17.5 Å². The van der Waals surface area contributed by atoms with Crippen LogP contribution in [0, 0.1) is 6.92 Å². The number of rotatable bonds is 9. The maximum Gasteiger partial charge on any atom is 0.321 e. The summed E-state index contributed by atoms with van der Waals surface area (Å²) in [7, 11) is -3.77. The van der Waals surface area contributed by atoms with Crippen LogP contribution in [-0.4, -0.2) is 62.1 Å². The van der Waals surface area contributed by atoms with E-state index in [0.29, 0.717) is 50.7 Å². The molecule has 3 aromatic carbocycles. The number of hydrogen-bond acceptors (Lipinski definition) is 8. The van der Waals surface area contributed by atoms with Crippen LogP contribution >= 0.6 is 0 Å². The number of hydrogen-bond donors (Lipinski definition) is 1. The van der Waals surface area contributed by atoms with Gasteiger partial charge < -0.3 is 19.5 Å². The van der Waals surface area contributed by atoms with Crippen molar-refractivity contribution in [2.45, 2.75) is 24.7 Å². The smallest absolute Gasteiger partial charge is 0.321 e. The van der Waals surface area contributed by atoms with Crippen molar-refractivity contribution in [3.8, 4) is 11.3 Å². The van der Waals surface area contributed by atoms with Gasteiger partial charge in [0, 0.05) is 55.2 Å². The molecule has 0 aliphatic carbocycles. The van der Waals surface area contributed by atoms with Gasteiger partial charge in [-0.25, -0.2) is 14.8 Å². The number of carbonyl (C=O) groups is 1. The number of benzene rings is 3. The second kappa shape index (κ2) is 12.9. The van der Waals surface area contributed by atoms with E-state index in [1.54, 1.807) is 41.6 Å². The number of anilines is 2. The number of piperazine rings is 1. The number of urea groups is 1. The fourth-order valence-electron chi connectivity index (χ4n) is 5.04. The SMILES string of the molecule is Cc1ccc(S(=O)(=O)OCCCc2cnc(N3CCN(C(=O)Nc4ccc5oc(-c6ccccc6)cc5c4)CC3)nc2)cc1. The van der Waals surface area contributed by atoms with Crippen LogP contribution in [0.25, 0.3) is 22.3 Å². The molecule has 1 N–H and O–H groups in total. The Bertz CT molecular complexity index is 1830. The van der Waals surface area contributed by atoms with Crippen molar-refractivity contribution in [1.29, 1.82) is 0 Å². The van der Waals surface area contributed by atoms with Gasteiger partial charge in [-0.15, -0.1) is 0 Å². The second-order valence-electron chi connectivity index (χ2n) is 10.7. The summed E-state index contributed by atoms with van der Waals surface area (Å²) in [6.07, 6.45) is 4.62. The first-order chi connectivity index (χ1) is 21.3. The number of amides is 2. The van der Waals surface area contributed by atoms with Crippen molar-refractivity contribution in [2.24, 2.45) is 0 Å².